The van der Waals surface area contributed by atoms with Gasteiger partial charge in [0, 0.05) is 24.6 Å². The van der Waals surface area contributed by atoms with E-state index in [9.17, 15) is 4.79 Å². The maximum atomic E-state index is 12.9. The van der Waals surface area contributed by atoms with Crippen LogP contribution in [0.15, 0.2) is 24.4 Å². The number of methoxy groups -OCH3 is 1. The van der Waals surface area contributed by atoms with Crippen LogP contribution in [-0.4, -0.2) is 64.4 Å². The fourth-order valence-corrected chi connectivity index (χ4v) is 4.67. The predicted molar refractivity (Wildman–Crippen MR) is 125 cm³/mol. The van der Waals surface area contributed by atoms with Crippen molar-refractivity contribution >= 4 is 28.4 Å². The van der Waals surface area contributed by atoms with Crippen LogP contribution in [0.4, 0.5) is 11.5 Å². The van der Waals surface area contributed by atoms with E-state index in [1.54, 1.807) is 19.4 Å². The number of hydrogen-bond acceptors (Lipinski definition) is 7. The number of aromatic amines is 1. The Morgan fingerprint density at radius 2 is 1.94 bits per heavy atom. The van der Waals surface area contributed by atoms with E-state index in [1.807, 2.05) is 17.0 Å². The van der Waals surface area contributed by atoms with Crippen molar-refractivity contribution in [3.05, 3.63) is 35.8 Å². The average molecular weight is 451 g/mol. The van der Waals surface area contributed by atoms with E-state index in [0.29, 0.717) is 49.4 Å². The van der Waals surface area contributed by atoms with E-state index < -0.39 is 0 Å². The minimum absolute atomic E-state index is 0.0169. The monoisotopic (exact) mass is 450 g/mol. The van der Waals surface area contributed by atoms with Crippen LogP contribution >= 0.6 is 0 Å². The van der Waals surface area contributed by atoms with E-state index >= 15 is 0 Å². The lowest BCUT2D eigenvalue weighted by Gasteiger charge is -2.27. The molecule has 1 aliphatic carbocycles. The molecule has 0 unspecified atom stereocenters. The summed E-state index contributed by atoms with van der Waals surface area (Å²) in [5.74, 6) is 2.46. The number of morpholine rings is 1. The third-order valence-corrected chi connectivity index (χ3v) is 6.54. The zero-order valence-electron chi connectivity index (χ0n) is 19.0. The molecule has 9 nitrogen and oxygen atoms in total. The second-order valence-corrected chi connectivity index (χ2v) is 8.69. The topological polar surface area (TPSA) is 105 Å². The normalized spacial score (nSPS) is 17.7. The zero-order chi connectivity index (χ0) is 22.6. The first-order chi connectivity index (χ1) is 16.2. The Bertz CT molecular complexity index is 1120. The van der Waals surface area contributed by atoms with Crippen LogP contribution in [0.25, 0.3) is 11.0 Å². The maximum absolute atomic E-state index is 12.9. The fourth-order valence-electron chi connectivity index (χ4n) is 4.67. The van der Waals surface area contributed by atoms with Crippen LogP contribution in [0.5, 0.6) is 5.75 Å². The van der Waals surface area contributed by atoms with Crippen molar-refractivity contribution in [2.45, 2.75) is 44.4 Å². The molecule has 1 amide bonds. The van der Waals surface area contributed by atoms with Gasteiger partial charge in [0.2, 0.25) is 0 Å². The number of carbonyl (C=O) groups excluding carboxylic acids is 1. The van der Waals surface area contributed by atoms with E-state index in [1.165, 1.54) is 25.7 Å². The molecule has 5 rings (SSSR count). The van der Waals surface area contributed by atoms with Gasteiger partial charge in [-0.3, -0.25) is 9.89 Å². The third kappa shape index (κ3) is 4.64. The number of anilines is 2. The molecule has 2 N–H and O–H groups in total. The van der Waals surface area contributed by atoms with Gasteiger partial charge in [-0.15, -0.1) is 0 Å². The minimum atomic E-state index is -0.0169. The molecule has 1 aromatic carbocycles. The number of hydrogen-bond donors (Lipinski definition) is 2. The van der Waals surface area contributed by atoms with Gasteiger partial charge in [-0.25, -0.2) is 9.97 Å². The van der Waals surface area contributed by atoms with Gasteiger partial charge in [-0.1, -0.05) is 25.7 Å². The van der Waals surface area contributed by atoms with Crippen molar-refractivity contribution in [2.75, 3.05) is 38.7 Å². The standard InChI is InChI=1S/C24H30N6O3/c1-32-20-14-17(24(31)30-10-12-33-13-11-30)8-9-18(20)26-23-21-19(15-25-29-21)27-22(28-23)16-6-4-2-3-5-7-16/h8-9,14-16H,2-7,10-13H2,1H3,(H,25,29)(H,26,27,28). The summed E-state index contributed by atoms with van der Waals surface area (Å²) in [6.45, 7) is 2.34. The summed E-state index contributed by atoms with van der Waals surface area (Å²) in [7, 11) is 1.60. The average Bonchev–Trinajstić information content (AvgIpc) is 3.17. The number of nitrogens with one attached hydrogen (secondary N) is 2. The lowest BCUT2D eigenvalue weighted by molar-refractivity contribution is 0.0302. The SMILES string of the molecule is COc1cc(C(=O)N2CCOCC2)ccc1Nc1nc(C2CCCCCC2)nc2cn[nH]c12. The van der Waals surface area contributed by atoms with Crippen molar-refractivity contribution in [1.29, 1.82) is 0 Å². The summed E-state index contributed by atoms with van der Waals surface area (Å²) in [5.41, 5.74) is 2.87. The number of amides is 1. The quantitative estimate of drug-likeness (QED) is 0.566. The van der Waals surface area contributed by atoms with Crippen LogP contribution in [-0.2, 0) is 4.74 Å². The van der Waals surface area contributed by atoms with E-state index in [4.69, 9.17) is 19.4 Å². The summed E-state index contributed by atoms with van der Waals surface area (Å²) >= 11 is 0. The van der Waals surface area contributed by atoms with Crippen molar-refractivity contribution in [2.24, 2.45) is 0 Å². The fraction of sp³-hybridized carbons (Fsp3) is 0.500. The van der Waals surface area contributed by atoms with Crippen LogP contribution in [0.2, 0.25) is 0 Å². The van der Waals surface area contributed by atoms with Gasteiger partial charge < -0.3 is 19.7 Å². The molecule has 1 aliphatic heterocycles. The largest absolute Gasteiger partial charge is 0.495 e. The smallest absolute Gasteiger partial charge is 0.254 e. The summed E-state index contributed by atoms with van der Waals surface area (Å²) in [6, 6.07) is 5.46. The highest BCUT2D eigenvalue weighted by Crippen LogP contribution is 2.34. The minimum Gasteiger partial charge on any atom is -0.495 e. The highest BCUT2D eigenvalue weighted by atomic mass is 16.5. The molecule has 2 aromatic heterocycles. The van der Waals surface area contributed by atoms with Gasteiger partial charge in [-0.2, -0.15) is 5.10 Å². The van der Waals surface area contributed by atoms with Gasteiger partial charge in [-0.05, 0) is 31.0 Å². The Hall–Kier alpha value is -3.20. The Labute approximate surface area is 192 Å². The second-order valence-electron chi connectivity index (χ2n) is 8.69. The molecule has 0 radical (unpaired) electrons. The predicted octanol–water partition coefficient (Wildman–Crippen LogP) is 4.02. The van der Waals surface area contributed by atoms with E-state index in [2.05, 4.69) is 15.5 Å². The highest BCUT2D eigenvalue weighted by Gasteiger charge is 2.22. The van der Waals surface area contributed by atoms with E-state index in [0.717, 1.165) is 35.4 Å². The molecule has 2 aliphatic rings. The molecule has 1 saturated carbocycles. The first-order valence-electron chi connectivity index (χ1n) is 11.8. The van der Waals surface area contributed by atoms with Crippen LogP contribution < -0.4 is 10.1 Å². The molecule has 0 bridgehead atoms. The second kappa shape index (κ2) is 9.74. The molecule has 33 heavy (non-hydrogen) atoms. The van der Waals surface area contributed by atoms with Gasteiger partial charge in [0.25, 0.3) is 5.91 Å². The summed E-state index contributed by atoms with van der Waals surface area (Å²) in [4.78, 5) is 24.4. The number of rotatable bonds is 5. The Balaban J connectivity index is 1.44. The zero-order valence-corrected chi connectivity index (χ0v) is 19.0. The van der Waals surface area contributed by atoms with Crippen LogP contribution in [0.1, 0.15) is 60.6 Å². The lowest BCUT2D eigenvalue weighted by Crippen LogP contribution is -2.40. The third-order valence-electron chi connectivity index (χ3n) is 6.54. The summed E-state index contributed by atoms with van der Waals surface area (Å²) < 4.78 is 11.0. The van der Waals surface area contributed by atoms with E-state index in [-0.39, 0.29) is 5.91 Å². The van der Waals surface area contributed by atoms with Gasteiger partial charge in [0.15, 0.2) is 5.82 Å². The van der Waals surface area contributed by atoms with Crippen LogP contribution in [0.3, 0.4) is 0 Å². The van der Waals surface area contributed by atoms with Crippen molar-refractivity contribution in [1.82, 2.24) is 25.1 Å². The molecule has 2 fully saturated rings. The molecule has 3 aromatic rings. The highest BCUT2D eigenvalue weighted by molar-refractivity contribution is 5.96. The molecule has 3 heterocycles. The van der Waals surface area contributed by atoms with Crippen molar-refractivity contribution in [3.8, 4) is 5.75 Å². The first-order valence-corrected chi connectivity index (χ1v) is 11.8. The van der Waals surface area contributed by atoms with Crippen molar-refractivity contribution < 1.29 is 14.3 Å². The number of fused-ring (bicyclic) bond motifs is 1. The molecule has 0 spiro atoms. The molecular weight excluding hydrogens is 420 g/mol. The maximum Gasteiger partial charge on any atom is 0.254 e. The van der Waals surface area contributed by atoms with Crippen molar-refractivity contribution in [3.63, 3.8) is 0 Å². The number of aromatic nitrogens is 4. The first kappa shape index (κ1) is 21.6. The Morgan fingerprint density at radius 3 is 2.70 bits per heavy atom. The summed E-state index contributed by atoms with van der Waals surface area (Å²) in [5, 5.41) is 10.6. The Kier molecular flexibility index (Phi) is 6.39. The molecular formula is C24H30N6O3. The molecule has 0 atom stereocenters. The van der Waals surface area contributed by atoms with Gasteiger partial charge >= 0.3 is 0 Å². The molecule has 1 saturated heterocycles. The van der Waals surface area contributed by atoms with Crippen LogP contribution in [0, 0.1) is 0 Å². The molecule has 174 valence electrons. The summed E-state index contributed by atoms with van der Waals surface area (Å²) in [6.07, 6.45) is 8.96. The van der Waals surface area contributed by atoms with Gasteiger partial charge in [0.1, 0.15) is 22.6 Å². The number of carbonyl (C=O) groups is 1. The lowest BCUT2D eigenvalue weighted by atomic mass is 9.99. The number of H-pyrrole nitrogens is 1. The van der Waals surface area contributed by atoms with Gasteiger partial charge in [0.05, 0.1) is 32.2 Å². The number of benzene rings is 1. The number of nitrogens with zero attached hydrogens (tertiary/aromatic N) is 4. The number of ether oxygens (including phenoxy) is 2. The molecule has 9 heteroatoms. The Morgan fingerprint density at radius 1 is 1.15 bits per heavy atom.